The first kappa shape index (κ1) is 11.0. The van der Waals surface area contributed by atoms with Crippen LogP contribution in [-0.2, 0) is 4.84 Å². The van der Waals surface area contributed by atoms with Crippen molar-refractivity contribution >= 4 is 0 Å². The van der Waals surface area contributed by atoms with Crippen LogP contribution in [0.25, 0.3) is 0 Å². The Bertz CT molecular complexity index is 136. The normalized spacial score (nSPS) is 19.6. The van der Waals surface area contributed by atoms with Gasteiger partial charge < -0.3 is 4.90 Å². The highest BCUT2D eigenvalue weighted by Gasteiger charge is 2.12. The van der Waals surface area contributed by atoms with Crippen molar-refractivity contribution in [1.29, 1.82) is 0 Å². The first-order valence-electron chi connectivity index (χ1n) is 5.21. The molecule has 13 heavy (non-hydrogen) atoms. The minimum absolute atomic E-state index is 0.0784. The van der Waals surface area contributed by atoms with Crippen molar-refractivity contribution in [3.8, 4) is 0 Å². The van der Waals surface area contributed by atoms with Crippen molar-refractivity contribution in [2.45, 2.75) is 39.2 Å². The van der Waals surface area contributed by atoms with Crippen LogP contribution in [-0.4, -0.2) is 36.7 Å². The largest absolute Gasteiger partial charge is 0.302 e. The fraction of sp³-hybridized carbons (Fsp3) is 1.00. The van der Waals surface area contributed by atoms with Gasteiger partial charge in [0.2, 0.25) is 0 Å². The highest BCUT2D eigenvalue weighted by molar-refractivity contribution is 4.66. The second-order valence-electron chi connectivity index (χ2n) is 4.66. The Balaban J connectivity index is 1.94. The smallest absolute Gasteiger partial charge is 0.0812 e. The fourth-order valence-electron chi connectivity index (χ4n) is 1.48. The minimum atomic E-state index is -0.0784. The Hall–Kier alpha value is -0.120. The van der Waals surface area contributed by atoms with Gasteiger partial charge in [-0.15, -0.1) is 0 Å². The van der Waals surface area contributed by atoms with Crippen molar-refractivity contribution in [3.05, 3.63) is 0 Å². The zero-order chi connectivity index (χ0) is 9.73. The monoisotopic (exact) mass is 186 g/mol. The zero-order valence-corrected chi connectivity index (χ0v) is 9.10. The highest BCUT2D eigenvalue weighted by Crippen LogP contribution is 2.06. The molecule has 78 valence electrons. The Morgan fingerprint density at radius 1 is 1.23 bits per heavy atom. The van der Waals surface area contributed by atoms with Crippen LogP contribution in [0.15, 0.2) is 0 Å². The molecule has 0 bridgehead atoms. The molecular formula is C10H22N2O. The number of rotatable bonds is 4. The number of hydrogen-bond acceptors (Lipinski definition) is 3. The first-order chi connectivity index (χ1) is 6.08. The zero-order valence-electron chi connectivity index (χ0n) is 9.10. The van der Waals surface area contributed by atoms with Crippen LogP contribution in [0.2, 0.25) is 0 Å². The standard InChI is InChI=1S/C10H22N2O/c1-10(2,3)13-11-6-9-12-7-4-5-8-12/h11H,4-9H2,1-3H3. The Morgan fingerprint density at radius 3 is 2.38 bits per heavy atom. The summed E-state index contributed by atoms with van der Waals surface area (Å²) in [7, 11) is 0. The van der Waals surface area contributed by atoms with E-state index in [9.17, 15) is 0 Å². The van der Waals surface area contributed by atoms with E-state index in [2.05, 4.69) is 31.2 Å². The minimum Gasteiger partial charge on any atom is -0.302 e. The lowest BCUT2D eigenvalue weighted by Crippen LogP contribution is -2.35. The lowest BCUT2D eigenvalue weighted by molar-refractivity contribution is -0.0737. The molecule has 0 unspecified atom stereocenters. The van der Waals surface area contributed by atoms with Gasteiger partial charge in [-0.3, -0.25) is 4.84 Å². The molecule has 1 aliphatic rings. The topological polar surface area (TPSA) is 24.5 Å². The lowest BCUT2D eigenvalue weighted by atomic mass is 10.2. The average Bonchev–Trinajstić information content (AvgIpc) is 2.48. The Labute approximate surface area is 81.4 Å². The summed E-state index contributed by atoms with van der Waals surface area (Å²) in [5.74, 6) is 0. The third kappa shape index (κ3) is 5.24. The number of hydroxylamine groups is 1. The van der Waals surface area contributed by atoms with Gasteiger partial charge in [-0.05, 0) is 46.7 Å². The second-order valence-corrected chi connectivity index (χ2v) is 4.66. The van der Waals surface area contributed by atoms with Gasteiger partial charge in [0.15, 0.2) is 0 Å². The van der Waals surface area contributed by atoms with E-state index >= 15 is 0 Å². The molecule has 0 aromatic rings. The average molecular weight is 186 g/mol. The molecule has 0 aliphatic carbocycles. The first-order valence-corrected chi connectivity index (χ1v) is 5.21. The predicted octanol–water partition coefficient (Wildman–Crippen LogP) is 1.40. The molecule has 3 nitrogen and oxygen atoms in total. The van der Waals surface area contributed by atoms with Gasteiger partial charge in [0.05, 0.1) is 5.60 Å². The van der Waals surface area contributed by atoms with Crippen molar-refractivity contribution < 1.29 is 4.84 Å². The fourth-order valence-corrected chi connectivity index (χ4v) is 1.48. The molecule has 1 rings (SSSR count). The summed E-state index contributed by atoms with van der Waals surface area (Å²) in [6, 6.07) is 0. The van der Waals surface area contributed by atoms with Crippen LogP contribution >= 0.6 is 0 Å². The summed E-state index contributed by atoms with van der Waals surface area (Å²) in [4.78, 5) is 7.88. The molecule has 1 N–H and O–H groups in total. The molecule has 0 saturated carbocycles. The van der Waals surface area contributed by atoms with Gasteiger partial charge >= 0.3 is 0 Å². The third-order valence-electron chi connectivity index (χ3n) is 2.11. The lowest BCUT2D eigenvalue weighted by Gasteiger charge is -2.21. The molecule has 0 atom stereocenters. The van der Waals surface area contributed by atoms with Crippen molar-refractivity contribution in [2.75, 3.05) is 26.2 Å². The van der Waals surface area contributed by atoms with E-state index in [4.69, 9.17) is 4.84 Å². The molecule has 3 heteroatoms. The molecule has 0 aromatic heterocycles. The molecule has 1 saturated heterocycles. The Morgan fingerprint density at radius 2 is 1.85 bits per heavy atom. The SMILES string of the molecule is CC(C)(C)ONCCN1CCCC1. The molecule has 1 aliphatic heterocycles. The van der Waals surface area contributed by atoms with Crippen LogP contribution in [0.5, 0.6) is 0 Å². The van der Waals surface area contributed by atoms with E-state index in [-0.39, 0.29) is 5.60 Å². The molecule has 0 radical (unpaired) electrons. The predicted molar refractivity (Wildman–Crippen MR) is 54.5 cm³/mol. The molecule has 1 fully saturated rings. The van der Waals surface area contributed by atoms with Crippen molar-refractivity contribution in [3.63, 3.8) is 0 Å². The number of likely N-dealkylation sites (tertiary alicyclic amines) is 1. The van der Waals surface area contributed by atoms with Gasteiger partial charge in [0.25, 0.3) is 0 Å². The maximum absolute atomic E-state index is 5.41. The van der Waals surface area contributed by atoms with E-state index in [1.807, 2.05) is 0 Å². The van der Waals surface area contributed by atoms with Gasteiger partial charge in [0, 0.05) is 13.1 Å². The van der Waals surface area contributed by atoms with E-state index in [1.165, 1.54) is 25.9 Å². The van der Waals surface area contributed by atoms with E-state index in [1.54, 1.807) is 0 Å². The van der Waals surface area contributed by atoms with Crippen LogP contribution in [0, 0.1) is 0 Å². The van der Waals surface area contributed by atoms with E-state index < -0.39 is 0 Å². The van der Waals surface area contributed by atoms with Gasteiger partial charge in [0.1, 0.15) is 0 Å². The summed E-state index contributed by atoms with van der Waals surface area (Å²) in [5, 5.41) is 0. The maximum atomic E-state index is 5.41. The number of nitrogens with zero attached hydrogens (tertiary/aromatic N) is 1. The summed E-state index contributed by atoms with van der Waals surface area (Å²) >= 11 is 0. The highest BCUT2D eigenvalue weighted by atomic mass is 16.7. The summed E-state index contributed by atoms with van der Waals surface area (Å²) in [6.45, 7) is 10.7. The van der Waals surface area contributed by atoms with Crippen LogP contribution in [0.4, 0.5) is 0 Å². The summed E-state index contributed by atoms with van der Waals surface area (Å²) in [6.07, 6.45) is 2.72. The van der Waals surface area contributed by atoms with E-state index in [0.29, 0.717) is 0 Å². The van der Waals surface area contributed by atoms with E-state index in [0.717, 1.165) is 13.1 Å². The van der Waals surface area contributed by atoms with Crippen molar-refractivity contribution in [2.24, 2.45) is 0 Å². The van der Waals surface area contributed by atoms with Crippen molar-refractivity contribution in [1.82, 2.24) is 10.4 Å². The third-order valence-corrected chi connectivity index (χ3v) is 2.11. The quantitative estimate of drug-likeness (QED) is 0.530. The molecule has 1 heterocycles. The van der Waals surface area contributed by atoms with Gasteiger partial charge in [-0.1, -0.05) is 0 Å². The molecule has 0 spiro atoms. The Kier molecular flexibility index (Phi) is 4.16. The summed E-state index contributed by atoms with van der Waals surface area (Å²) in [5.41, 5.74) is 2.93. The van der Waals surface area contributed by atoms with Crippen LogP contribution in [0.3, 0.4) is 0 Å². The number of hydrogen-bond donors (Lipinski definition) is 1. The molecule has 0 amide bonds. The summed E-state index contributed by atoms with van der Waals surface area (Å²) < 4.78 is 0. The number of nitrogens with one attached hydrogen (secondary N) is 1. The van der Waals surface area contributed by atoms with Gasteiger partial charge in [-0.2, -0.15) is 0 Å². The molecule has 0 aromatic carbocycles. The molecular weight excluding hydrogens is 164 g/mol. The maximum Gasteiger partial charge on any atom is 0.0812 e. The van der Waals surface area contributed by atoms with Crippen LogP contribution < -0.4 is 5.48 Å². The van der Waals surface area contributed by atoms with Crippen LogP contribution in [0.1, 0.15) is 33.6 Å². The second kappa shape index (κ2) is 4.94. The van der Waals surface area contributed by atoms with Gasteiger partial charge in [-0.25, -0.2) is 5.48 Å².